The molecular formula is C16H31NO5. The van der Waals surface area contributed by atoms with E-state index in [1.165, 1.54) is 0 Å². The normalized spacial score (nSPS) is 26.5. The van der Waals surface area contributed by atoms with Crippen molar-refractivity contribution in [3.05, 3.63) is 0 Å². The van der Waals surface area contributed by atoms with Gasteiger partial charge in [0.2, 0.25) is 0 Å². The molecule has 0 saturated carbocycles. The van der Waals surface area contributed by atoms with E-state index in [9.17, 15) is 0 Å². The molecule has 0 spiro atoms. The van der Waals surface area contributed by atoms with Gasteiger partial charge in [-0.15, -0.1) is 0 Å². The summed E-state index contributed by atoms with van der Waals surface area (Å²) in [7, 11) is 0. The first-order valence-corrected chi connectivity index (χ1v) is 8.25. The molecule has 2 aliphatic rings. The highest BCUT2D eigenvalue weighted by Crippen LogP contribution is 2.25. The average molecular weight is 317 g/mol. The molecule has 0 radical (unpaired) electrons. The van der Waals surface area contributed by atoms with Crippen molar-refractivity contribution in [1.82, 2.24) is 4.90 Å². The summed E-state index contributed by atoms with van der Waals surface area (Å²) in [6.07, 6.45) is 1.74. The zero-order valence-electron chi connectivity index (χ0n) is 14.3. The van der Waals surface area contributed by atoms with E-state index in [2.05, 4.69) is 4.90 Å². The monoisotopic (exact) mass is 317 g/mol. The molecule has 0 bridgehead atoms. The van der Waals surface area contributed by atoms with Gasteiger partial charge in [-0.05, 0) is 47.1 Å². The molecule has 0 atom stereocenters. The zero-order valence-corrected chi connectivity index (χ0v) is 14.3. The number of aliphatic hydroxyl groups excluding tert-OH is 1. The minimum Gasteiger partial charge on any atom is -0.396 e. The van der Waals surface area contributed by atoms with Crippen LogP contribution < -0.4 is 0 Å². The van der Waals surface area contributed by atoms with Crippen LogP contribution in [0.3, 0.4) is 0 Å². The molecule has 6 heteroatoms. The fraction of sp³-hybridized carbons (Fsp3) is 1.00. The second kappa shape index (κ2) is 7.55. The van der Waals surface area contributed by atoms with Gasteiger partial charge >= 0.3 is 0 Å². The summed E-state index contributed by atoms with van der Waals surface area (Å²) in [4.78, 5) is 2.36. The number of hydrogen-bond acceptors (Lipinski definition) is 6. The number of unbranched alkanes of at least 4 members (excludes halogenated alkanes) is 1. The SMILES string of the molecule is CC1(C)OCC(N(CCCCO)C2COC(C)(C)OC2)CO1. The fourth-order valence-corrected chi connectivity index (χ4v) is 2.82. The van der Waals surface area contributed by atoms with E-state index < -0.39 is 11.6 Å². The van der Waals surface area contributed by atoms with Gasteiger partial charge in [0.15, 0.2) is 11.6 Å². The van der Waals surface area contributed by atoms with Crippen LogP contribution in [-0.4, -0.2) is 73.2 Å². The van der Waals surface area contributed by atoms with Crippen LogP contribution in [0.25, 0.3) is 0 Å². The average Bonchev–Trinajstić information content (AvgIpc) is 2.45. The lowest BCUT2D eigenvalue weighted by molar-refractivity contribution is -0.288. The third-order valence-electron chi connectivity index (χ3n) is 4.26. The minimum atomic E-state index is -0.505. The van der Waals surface area contributed by atoms with Crippen LogP contribution >= 0.6 is 0 Å². The quantitative estimate of drug-likeness (QED) is 0.747. The van der Waals surface area contributed by atoms with Crippen LogP contribution in [0.1, 0.15) is 40.5 Å². The molecule has 1 N–H and O–H groups in total. The maximum Gasteiger partial charge on any atom is 0.162 e. The summed E-state index contributed by atoms with van der Waals surface area (Å²) in [5.74, 6) is -1.01. The Morgan fingerprint density at radius 1 is 0.818 bits per heavy atom. The summed E-state index contributed by atoms with van der Waals surface area (Å²) in [5.41, 5.74) is 0. The first-order valence-electron chi connectivity index (χ1n) is 8.25. The molecule has 0 unspecified atom stereocenters. The molecule has 2 fully saturated rings. The van der Waals surface area contributed by atoms with E-state index in [0.29, 0.717) is 26.4 Å². The molecule has 130 valence electrons. The van der Waals surface area contributed by atoms with Crippen molar-refractivity contribution in [1.29, 1.82) is 0 Å². The molecule has 2 aliphatic heterocycles. The Morgan fingerprint density at radius 3 is 1.59 bits per heavy atom. The van der Waals surface area contributed by atoms with E-state index in [1.54, 1.807) is 0 Å². The number of aliphatic hydroxyl groups is 1. The lowest BCUT2D eigenvalue weighted by Crippen LogP contribution is -2.58. The number of ether oxygens (including phenoxy) is 4. The van der Waals surface area contributed by atoms with Crippen molar-refractivity contribution in [3.63, 3.8) is 0 Å². The number of hydrogen-bond donors (Lipinski definition) is 1. The van der Waals surface area contributed by atoms with Gasteiger partial charge in [0, 0.05) is 6.61 Å². The Labute approximate surface area is 133 Å². The van der Waals surface area contributed by atoms with Crippen LogP contribution in [-0.2, 0) is 18.9 Å². The van der Waals surface area contributed by atoms with Crippen molar-refractivity contribution in [2.24, 2.45) is 0 Å². The van der Waals surface area contributed by atoms with Crippen molar-refractivity contribution in [2.45, 2.75) is 64.2 Å². The van der Waals surface area contributed by atoms with Crippen LogP contribution in [0.15, 0.2) is 0 Å². The highest BCUT2D eigenvalue weighted by atomic mass is 16.7. The summed E-state index contributed by atoms with van der Waals surface area (Å²) < 4.78 is 23.2. The topological polar surface area (TPSA) is 60.4 Å². The molecule has 0 aromatic heterocycles. The molecule has 2 rings (SSSR count). The molecule has 2 heterocycles. The highest BCUT2D eigenvalue weighted by Gasteiger charge is 2.37. The molecule has 0 aliphatic carbocycles. The lowest BCUT2D eigenvalue weighted by atomic mass is 10.1. The maximum absolute atomic E-state index is 9.02. The first-order chi connectivity index (χ1) is 10.3. The highest BCUT2D eigenvalue weighted by molar-refractivity contribution is 4.84. The Morgan fingerprint density at radius 2 is 1.23 bits per heavy atom. The third kappa shape index (κ3) is 5.15. The van der Waals surface area contributed by atoms with E-state index in [0.717, 1.165) is 19.4 Å². The van der Waals surface area contributed by atoms with Crippen molar-refractivity contribution >= 4 is 0 Å². The van der Waals surface area contributed by atoms with Crippen LogP contribution in [0.4, 0.5) is 0 Å². The van der Waals surface area contributed by atoms with Gasteiger partial charge in [0.05, 0.1) is 38.5 Å². The van der Waals surface area contributed by atoms with E-state index in [-0.39, 0.29) is 18.7 Å². The van der Waals surface area contributed by atoms with Crippen LogP contribution in [0.2, 0.25) is 0 Å². The molecule has 0 amide bonds. The summed E-state index contributed by atoms with van der Waals surface area (Å²) in [6, 6.07) is 0.398. The van der Waals surface area contributed by atoms with Gasteiger partial charge in [0.1, 0.15) is 0 Å². The first kappa shape index (κ1) is 18.1. The van der Waals surface area contributed by atoms with E-state index in [4.69, 9.17) is 24.1 Å². The second-order valence-corrected chi connectivity index (χ2v) is 7.02. The fourth-order valence-electron chi connectivity index (χ4n) is 2.82. The predicted octanol–water partition coefficient (Wildman–Crippen LogP) is 1.36. The Balaban J connectivity index is 1.94. The van der Waals surface area contributed by atoms with Crippen LogP contribution in [0, 0.1) is 0 Å². The van der Waals surface area contributed by atoms with Crippen molar-refractivity contribution < 1.29 is 24.1 Å². The summed E-state index contributed by atoms with van der Waals surface area (Å²) >= 11 is 0. The van der Waals surface area contributed by atoms with Gasteiger partial charge in [-0.1, -0.05) is 0 Å². The molecule has 6 nitrogen and oxygen atoms in total. The predicted molar refractivity (Wildman–Crippen MR) is 82.6 cm³/mol. The number of rotatable bonds is 6. The molecular weight excluding hydrogens is 286 g/mol. The van der Waals surface area contributed by atoms with Gasteiger partial charge in [-0.3, -0.25) is 4.90 Å². The minimum absolute atomic E-state index is 0.199. The Bertz CT molecular complexity index is 299. The molecule has 0 aromatic rings. The van der Waals surface area contributed by atoms with Gasteiger partial charge in [-0.2, -0.15) is 0 Å². The largest absolute Gasteiger partial charge is 0.396 e. The smallest absolute Gasteiger partial charge is 0.162 e. The van der Waals surface area contributed by atoms with Gasteiger partial charge in [-0.25, -0.2) is 0 Å². The summed E-state index contributed by atoms with van der Waals surface area (Å²) in [5, 5.41) is 9.02. The number of nitrogens with zero attached hydrogens (tertiary/aromatic N) is 1. The standard InChI is InChI=1S/C16H31NO5/c1-15(2)19-9-13(10-20-15)17(7-5-6-8-18)14-11-21-16(3,4)22-12-14/h13-14,18H,5-12H2,1-4H3. The Hall–Kier alpha value is -0.240. The lowest BCUT2D eigenvalue weighted by Gasteiger charge is -2.46. The maximum atomic E-state index is 9.02. The van der Waals surface area contributed by atoms with E-state index in [1.807, 2.05) is 27.7 Å². The van der Waals surface area contributed by atoms with Crippen LogP contribution in [0.5, 0.6) is 0 Å². The van der Waals surface area contributed by atoms with Gasteiger partial charge in [0.25, 0.3) is 0 Å². The van der Waals surface area contributed by atoms with E-state index >= 15 is 0 Å². The molecule has 2 saturated heterocycles. The summed E-state index contributed by atoms with van der Waals surface area (Å²) in [6.45, 7) is 11.4. The second-order valence-electron chi connectivity index (χ2n) is 7.02. The van der Waals surface area contributed by atoms with Gasteiger partial charge < -0.3 is 24.1 Å². The zero-order chi connectivity index (χ0) is 16.2. The van der Waals surface area contributed by atoms with Crippen molar-refractivity contribution in [2.75, 3.05) is 39.6 Å². The molecule has 0 aromatic carbocycles. The molecule has 22 heavy (non-hydrogen) atoms. The van der Waals surface area contributed by atoms with Crippen molar-refractivity contribution in [3.8, 4) is 0 Å². The third-order valence-corrected chi connectivity index (χ3v) is 4.26. The Kier molecular flexibility index (Phi) is 6.22.